The van der Waals surface area contributed by atoms with Crippen molar-refractivity contribution in [1.29, 1.82) is 0 Å². The Morgan fingerprint density at radius 2 is 0.891 bits per heavy atom. The zero-order valence-corrected chi connectivity index (χ0v) is 41.5. The molecule has 0 radical (unpaired) electrons. The molecule has 0 aromatic heterocycles. The molecule has 0 aliphatic carbocycles. The first-order valence-corrected chi connectivity index (χ1v) is 27.2. The van der Waals surface area contributed by atoms with E-state index >= 15 is 0 Å². The molecule has 7 atom stereocenters. The Morgan fingerprint density at radius 1 is 0.516 bits per heavy atom. The fourth-order valence-electron chi connectivity index (χ4n) is 8.60. The number of amides is 1. The summed E-state index contributed by atoms with van der Waals surface area (Å²) in [4.78, 5) is 13.0. The van der Waals surface area contributed by atoms with E-state index in [2.05, 4.69) is 43.5 Å². The second-order valence-corrected chi connectivity index (χ2v) is 19.0. The molecule has 0 aromatic carbocycles. The van der Waals surface area contributed by atoms with Crippen molar-refractivity contribution in [1.82, 2.24) is 5.32 Å². The average molecular weight is 906 g/mol. The minimum atomic E-state index is -1.57. The zero-order valence-electron chi connectivity index (χ0n) is 41.5. The van der Waals surface area contributed by atoms with E-state index in [1.54, 1.807) is 6.08 Å². The summed E-state index contributed by atoms with van der Waals surface area (Å²) in [7, 11) is 0. The third kappa shape index (κ3) is 34.7. The number of carbonyl (C=O) groups is 1. The van der Waals surface area contributed by atoms with Crippen LogP contribution in [-0.2, 0) is 14.3 Å². The average Bonchev–Trinajstić information content (AvgIpc) is 3.29. The van der Waals surface area contributed by atoms with Gasteiger partial charge < -0.3 is 40.3 Å². The third-order valence-electron chi connectivity index (χ3n) is 12.9. The Labute approximate surface area is 393 Å². The molecule has 0 saturated carbocycles. The molecule has 64 heavy (non-hydrogen) atoms. The molecule has 0 spiro atoms. The van der Waals surface area contributed by atoms with E-state index in [0.29, 0.717) is 6.42 Å². The molecule has 376 valence electrons. The number of unbranched alkanes of at least 4 members (excludes halogenated alkanes) is 32. The molecule has 1 rings (SSSR count). The highest BCUT2D eigenvalue weighted by molar-refractivity contribution is 5.76. The first-order chi connectivity index (χ1) is 31.3. The van der Waals surface area contributed by atoms with Crippen LogP contribution >= 0.6 is 0 Å². The van der Waals surface area contributed by atoms with Crippen LogP contribution in [0.5, 0.6) is 0 Å². The first-order valence-electron chi connectivity index (χ1n) is 27.2. The van der Waals surface area contributed by atoms with Gasteiger partial charge in [0.25, 0.3) is 0 Å². The van der Waals surface area contributed by atoms with Crippen molar-refractivity contribution in [2.24, 2.45) is 0 Å². The van der Waals surface area contributed by atoms with Gasteiger partial charge in [0.1, 0.15) is 24.4 Å². The number of allylic oxidation sites excluding steroid dienone is 5. The van der Waals surface area contributed by atoms with E-state index in [1.807, 2.05) is 6.08 Å². The highest BCUT2D eigenvalue weighted by atomic mass is 16.7. The number of hydrogen-bond donors (Lipinski definition) is 6. The van der Waals surface area contributed by atoms with Crippen molar-refractivity contribution in [2.45, 2.75) is 294 Å². The first kappa shape index (κ1) is 60.4. The van der Waals surface area contributed by atoms with Crippen LogP contribution in [0.15, 0.2) is 36.5 Å². The Balaban J connectivity index is 2.29. The van der Waals surface area contributed by atoms with Crippen LogP contribution in [-0.4, -0.2) is 87.5 Å². The number of aliphatic hydroxyl groups excluding tert-OH is 5. The van der Waals surface area contributed by atoms with E-state index in [0.717, 1.165) is 44.9 Å². The van der Waals surface area contributed by atoms with Crippen molar-refractivity contribution in [3.8, 4) is 0 Å². The monoisotopic (exact) mass is 906 g/mol. The van der Waals surface area contributed by atoms with Gasteiger partial charge in [0.05, 0.1) is 25.4 Å². The second-order valence-electron chi connectivity index (χ2n) is 19.0. The highest BCUT2D eigenvalue weighted by Gasteiger charge is 2.44. The molecule has 1 aliphatic rings. The summed E-state index contributed by atoms with van der Waals surface area (Å²) in [6.07, 6.45) is 50.6. The maximum Gasteiger partial charge on any atom is 0.220 e. The van der Waals surface area contributed by atoms with Crippen molar-refractivity contribution in [3.63, 3.8) is 0 Å². The molecule has 7 unspecified atom stereocenters. The molecule has 9 heteroatoms. The number of aliphatic hydroxyl groups is 5. The van der Waals surface area contributed by atoms with E-state index in [1.165, 1.54) is 186 Å². The number of hydrogen-bond acceptors (Lipinski definition) is 8. The molecule has 1 amide bonds. The third-order valence-corrected chi connectivity index (χ3v) is 12.9. The molecular formula is C55H103NO8. The van der Waals surface area contributed by atoms with Gasteiger partial charge in [0, 0.05) is 6.42 Å². The summed E-state index contributed by atoms with van der Waals surface area (Å²) in [5, 5.41) is 54.4. The lowest BCUT2D eigenvalue weighted by Gasteiger charge is -2.40. The zero-order chi connectivity index (χ0) is 46.6. The van der Waals surface area contributed by atoms with Gasteiger partial charge in [-0.2, -0.15) is 0 Å². The maximum atomic E-state index is 13.0. The quantitative estimate of drug-likeness (QED) is 0.0261. The summed E-state index contributed by atoms with van der Waals surface area (Å²) in [5.74, 6) is -0.188. The number of ether oxygens (including phenoxy) is 2. The van der Waals surface area contributed by atoms with Crippen LogP contribution in [0.2, 0.25) is 0 Å². The predicted octanol–water partition coefficient (Wildman–Crippen LogP) is 12.8. The Morgan fingerprint density at radius 3 is 1.31 bits per heavy atom. The SMILES string of the molecule is CCCCCCCCCCCCCCCCC/C=C/CC/C=C/CC/C=C/C(O)C(COC1OC(CO)C(O)C(O)C1O)NC(=O)CCCCCCCCCCCCCCCCCC. The molecule has 1 fully saturated rings. The van der Waals surface area contributed by atoms with Gasteiger partial charge in [0.2, 0.25) is 5.91 Å². The van der Waals surface area contributed by atoms with Crippen LogP contribution in [0, 0.1) is 0 Å². The lowest BCUT2D eigenvalue weighted by molar-refractivity contribution is -0.302. The van der Waals surface area contributed by atoms with Gasteiger partial charge in [-0.25, -0.2) is 0 Å². The van der Waals surface area contributed by atoms with Gasteiger partial charge in [-0.3, -0.25) is 4.79 Å². The van der Waals surface area contributed by atoms with Crippen molar-refractivity contribution >= 4 is 5.91 Å². The lowest BCUT2D eigenvalue weighted by atomic mass is 9.99. The molecule has 0 aromatic rings. The van der Waals surface area contributed by atoms with Crippen LogP contribution < -0.4 is 5.32 Å². The number of carbonyl (C=O) groups excluding carboxylic acids is 1. The summed E-state index contributed by atoms with van der Waals surface area (Å²) in [6, 6.07) is -0.825. The molecule has 1 heterocycles. The molecule has 1 aliphatic heterocycles. The highest BCUT2D eigenvalue weighted by Crippen LogP contribution is 2.23. The van der Waals surface area contributed by atoms with Gasteiger partial charge >= 0.3 is 0 Å². The topological polar surface area (TPSA) is 149 Å². The van der Waals surface area contributed by atoms with Gasteiger partial charge in [0.15, 0.2) is 6.29 Å². The fourth-order valence-corrected chi connectivity index (χ4v) is 8.60. The molecule has 0 bridgehead atoms. The molecule has 9 nitrogen and oxygen atoms in total. The smallest absolute Gasteiger partial charge is 0.220 e. The van der Waals surface area contributed by atoms with Gasteiger partial charge in [-0.15, -0.1) is 0 Å². The van der Waals surface area contributed by atoms with Crippen LogP contribution in [0.4, 0.5) is 0 Å². The Kier molecular flexibility index (Phi) is 42.7. The van der Waals surface area contributed by atoms with Crippen LogP contribution in [0.3, 0.4) is 0 Å². The van der Waals surface area contributed by atoms with Crippen LogP contribution in [0.25, 0.3) is 0 Å². The second kappa shape index (κ2) is 45.2. The summed E-state index contributed by atoms with van der Waals surface area (Å²) in [5.41, 5.74) is 0. The lowest BCUT2D eigenvalue weighted by Crippen LogP contribution is -2.60. The molecular weight excluding hydrogens is 803 g/mol. The Hall–Kier alpha value is -1.59. The number of rotatable bonds is 46. The minimum Gasteiger partial charge on any atom is -0.394 e. The van der Waals surface area contributed by atoms with Crippen molar-refractivity contribution in [2.75, 3.05) is 13.2 Å². The standard InChI is InChI=1S/C55H103NO8/c1-3-5-7-9-11-13-15-17-19-21-22-23-24-25-26-27-28-29-30-32-34-36-38-40-42-44-49(58)48(47-63-55-54(62)53(61)52(60)50(46-57)64-55)56-51(59)45-43-41-39-37-35-33-31-20-18-16-14-12-10-8-6-4-2/h28-29,34,36,42,44,48-50,52-55,57-58,60-62H,3-27,30-33,35,37-41,43,45-47H2,1-2H3,(H,56,59)/b29-28+,36-34+,44-42+. The van der Waals surface area contributed by atoms with E-state index in [9.17, 15) is 30.3 Å². The van der Waals surface area contributed by atoms with Crippen LogP contribution in [0.1, 0.15) is 251 Å². The summed E-state index contributed by atoms with van der Waals surface area (Å²) in [6.45, 7) is 3.78. The fraction of sp³-hybridized carbons (Fsp3) is 0.873. The normalized spacial score (nSPS) is 20.3. The predicted molar refractivity (Wildman–Crippen MR) is 267 cm³/mol. The maximum absolute atomic E-state index is 13.0. The summed E-state index contributed by atoms with van der Waals surface area (Å²) < 4.78 is 11.2. The number of nitrogens with one attached hydrogen (secondary N) is 1. The molecule has 6 N–H and O–H groups in total. The summed E-state index contributed by atoms with van der Waals surface area (Å²) >= 11 is 0. The molecule has 1 saturated heterocycles. The van der Waals surface area contributed by atoms with E-state index < -0.39 is 49.5 Å². The van der Waals surface area contributed by atoms with E-state index in [-0.39, 0.29) is 12.5 Å². The Bertz CT molecular complexity index is 1100. The minimum absolute atomic E-state index is 0.188. The van der Waals surface area contributed by atoms with Crippen molar-refractivity contribution in [3.05, 3.63) is 36.5 Å². The van der Waals surface area contributed by atoms with Gasteiger partial charge in [-0.1, -0.05) is 237 Å². The van der Waals surface area contributed by atoms with Gasteiger partial charge in [-0.05, 0) is 44.9 Å². The largest absolute Gasteiger partial charge is 0.394 e. The van der Waals surface area contributed by atoms with E-state index in [4.69, 9.17) is 9.47 Å². The van der Waals surface area contributed by atoms with Crippen molar-refractivity contribution < 1.29 is 39.8 Å².